The highest BCUT2D eigenvalue weighted by Crippen LogP contribution is 2.36. The second-order valence-corrected chi connectivity index (χ2v) is 5.79. The molecule has 2 unspecified atom stereocenters. The molecule has 1 heterocycles. The van der Waals surface area contributed by atoms with Gasteiger partial charge in [0.25, 0.3) is 5.91 Å². The molecule has 1 aromatic rings. The van der Waals surface area contributed by atoms with Gasteiger partial charge in [0.05, 0.1) is 17.1 Å². The zero-order valence-electron chi connectivity index (χ0n) is 11.9. The van der Waals surface area contributed by atoms with Crippen LogP contribution in [0, 0.1) is 11.8 Å². The van der Waals surface area contributed by atoms with Crippen LogP contribution in [-0.4, -0.2) is 30.8 Å². The number of carbonyl (C=O) groups is 1. The first-order valence-electron chi connectivity index (χ1n) is 7.38. The quantitative estimate of drug-likeness (QED) is 0.629. The van der Waals surface area contributed by atoms with Gasteiger partial charge in [-0.3, -0.25) is 4.79 Å². The summed E-state index contributed by atoms with van der Waals surface area (Å²) in [6.45, 7) is 1.05. The van der Waals surface area contributed by atoms with Crippen molar-refractivity contribution in [2.75, 3.05) is 36.1 Å². The van der Waals surface area contributed by atoms with Gasteiger partial charge in [0.1, 0.15) is 5.75 Å². The molecule has 0 saturated heterocycles. The Balaban J connectivity index is 1.70. The number of benzene rings is 1. The molecule has 2 atom stereocenters. The first-order valence-corrected chi connectivity index (χ1v) is 7.38. The van der Waals surface area contributed by atoms with Gasteiger partial charge in [-0.05, 0) is 30.7 Å². The van der Waals surface area contributed by atoms with E-state index in [9.17, 15) is 9.90 Å². The second-order valence-electron chi connectivity index (χ2n) is 5.79. The molecule has 1 aromatic carbocycles. The average molecular weight is 291 g/mol. The van der Waals surface area contributed by atoms with E-state index in [2.05, 4.69) is 10.6 Å². The number of rotatable bonds is 4. The smallest absolute Gasteiger partial charge is 0.262 e. The lowest BCUT2D eigenvalue weighted by Gasteiger charge is -2.22. The molecule has 114 valence electrons. The maximum atomic E-state index is 11.4. The van der Waals surface area contributed by atoms with E-state index in [1.54, 1.807) is 6.07 Å². The lowest BCUT2D eigenvalue weighted by atomic mass is 9.97. The average Bonchev–Trinajstić information content (AvgIpc) is 2.93. The highest BCUT2D eigenvalue weighted by molar-refractivity contribution is 5.97. The fourth-order valence-corrected chi connectivity index (χ4v) is 3.16. The second kappa shape index (κ2) is 5.81. The maximum Gasteiger partial charge on any atom is 0.262 e. The molecule has 1 saturated carbocycles. The molecule has 1 aliphatic carbocycles. The Hall–Kier alpha value is -1.95. The van der Waals surface area contributed by atoms with E-state index in [4.69, 9.17) is 10.5 Å². The molecule has 1 fully saturated rings. The fourth-order valence-electron chi connectivity index (χ4n) is 3.16. The Labute approximate surface area is 123 Å². The van der Waals surface area contributed by atoms with Crippen LogP contribution < -0.4 is 21.1 Å². The Kier molecular flexibility index (Phi) is 3.88. The minimum Gasteiger partial charge on any atom is -0.482 e. The number of amides is 1. The maximum absolute atomic E-state index is 11.4. The van der Waals surface area contributed by atoms with Crippen molar-refractivity contribution in [1.82, 2.24) is 0 Å². The number of nitrogens with two attached hydrogens (primary N) is 1. The number of carbonyl (C=O) groups excluding carboxylic acids is 1. The summed E-state index contributed by atoms with van der Waals surface area (Å²) < 4.78 is 5.33. The molecule has 0 aromatic heterocycles. The predicted molar refractivity (Wildman–Crippen MR) is 81.4 cm³/mol. The van der Waals surface area contributed by atoms with Gasteiger partial charge in [0, 0.05) is 19.2 Å². The number of hydrogen-bond acceptors (Lipinski definition) is 5. The third-order valence-corrected chi connectivity index (χ3v) is 4.39. The van der Waals surface area contributed by atoms with Crippen LogP contribution in [0.3, 0.4) is 0 Å². The molecule has 2 aliphatic rings. The van der Waals surface area contributed by atoms with Crippen molar-refractivity contribution >= 4 is 23.0 Å². The van der Waals surface area contributed by atoms with Crippen LogP contribution in [0.25, 0.3) is 0 Å². The molecular formula is C15H21N3O3. The van der Waals surface area contributed by atoms with Crippen molar-refractivity contribution in [3.05, 3.63) is 12.1 Å². The van der Waals surface area contributed by atoms with E-state index in [1.807, 2.05) is 6.07 Å². The summed E-state index contributed by atoms with van der Waals surface area (Å²) in [7, 11) is 0. The Morgan fingerprint density at radius 1 is 1.38 bits per heavy atom. The van der Waals surface area contributed by atoms with Crippen molar-refractivity contribution in [3.63, 3.8) is 0 Å². The first-order chi connectivity index (χ1) is 10.2. The topological polar surface area (TPSA) is 96.6 Å². The van der Waals surface area contributed by atoms with Gasteiger partial charge >= 0.3 is 0 Å². The van der Waals surface area contributed by atoms with Crippen molar-refractivity contribution in [2.45, 2.75) is 19.3 Å². The van der Waals surface area contributed by atoms with Gasteiger partial charge in [-0.15, -0.1) is 0 Å². The van der Waals surface area contributed by atoms with E-state index < -0.39 is 0 Å². The van der Waals surface area contributed by atoms with Crippen molar-refractivity contribution in [1.29, 1.82) is 0 Å². The van der Waals surface area contributed by atoms with Crippen LogP contribution in [0.5, 0.6) is 5.75 Å². The molecule has 1 amide bonds. The summed E-state index contributed by atoms with van der Waals surface area (Å²) in [6.07, 6.45) is 3.39. The van der Waals surface area contributed by atoms with E-state index in [-0.39, 0.29) is 19.1 Å². The molecule has 3 rings (SSSR count). The van der Waals surface area contributed by atoms with Crippen LogP contribution in [0.2, 0.25) is 0 Å². The van der Waals surface area contributed by atoms with Gasteiger partial charge in [0.15, 0.2) is 6.61 Å². The number of aliphatic hydroxyl groups excluding tert-OH is 1. The lowest BCUT2D eigenvalue weighted by Crippen LogP contribution is -2.26. The molecule has 0 spiro atoms. The highest BCUT2D eigenvalue weighted by Gasteiger charge is 2.26. The van der Waals surface area contributed by atoms with Crippen LogP contribution in [0.4, 0.5) is 17.1 Å². The minimum absolute atomic E-state index is 0.0273. The number of ether oxygens (including phenoxy) is 1. The van der Waals surface area contributed by atoms with Crippen LogP contribution in [0.15, 0.2) is 12.1 Å². The first kappa shape index (κ1) is 14.0. The van der Waals surface area contributed by atoms with Crippen LogP contribution >= 0.6 is 0 Å². The van der Waals surface area contributed by atoms with Crippen LogP contribution in [0.1, 0.15) is 19.3 Å². The van der Waals surface area contributed by atoms with E-state index in [0.29, 0.717) is 29.0 Å². The van der Waals surface area contributed by atoms with Gasteiger partial charge in [0.2, 0.25) is 0 Å². The van der Waals surface area contributed by atoms with Gasteiger partial charge in [-0.2, -0.15) is 0 Å². The van der Waals surface area contributed by atoms with Gasteiger partial charge < -0.3 is 26.2 Å². The molecule has 0 radical (unpaired) electrons. The number of anilines is 3. The molecule has 6 nitrogen and oxygen atoms in total. The van der Waals surface area contributed by atoms with Crippen LogP contribution in [-0.2, 0) is 4.79 Å². The largest absolute Gasteiger partial charge is 0.482 e. The van der Waals surface area contributed by atoms with E-state index in [0.717, 1.165) is 25.1 Å². The molecule has 21 heavy (non-hydrogen) atoms. The standard InChI is InChI=1S/C15H21N3O3/c16-11-4-14-13(18-15(20)8-21-14)5-12(11)17-6-9-2-1-3-10(9)7-19/h4-5,9-10,17,19H,1-3,6-8,16H2,(H,18,20). The number of aliphatic hydroxyl groups is 1. The normalized spacial score (nSPS) is 24.1. The highest BCUT2D eigenvalue weighted by atomic mass is 16.5. The Bertz CT molecular complexity index is 547. The summed E-state index contributed by atoms with van der Waals surface area (Å²) in [5, 5.41) is 15.5. The zero-order valence-corrected chi connectivity index (χ0v) is 11.9. The summed E-state index contributed by atoms with van der Waals surface area (Å²) in [5.74, 6) is 1.29. The predicted octanol–water partition coefficient (Wildman–Crippen LogP) is 1.42. The van der Waals surface area contributed by atoms with Crippen molar-refractivity contribution in [2.24, 2.45) is 11.8 Å². The summed E-state index contributed by atoms with van der Waals surface area (Å²) in [5.41, 5.74) is 8.07. The fraction of sp³-hybridized carbons (Fsp3) is 0.533. The number of nitrogens with one attached hydrogen (secondary N) is 2. The minimum atomic E-state index is -0.158. The molecule has 1 aliphatic heterocycles. The molecular weight excluding hydrogens is 270 g/mol. The van der Waals surface area contributed by atoms with Gasteiger partial charge in [-0.25, -0.2) is 0 Å². The van der Waals surface area contributed by atoms with E-state index in [1.165, 1.54) is 6.42 Å². The summed E-state index contributed by atoms with van der Waals surface area (Å²) in [4.78, 5) is 11.4. The van der Waals surface area contributed by atoms with E-state index >= 15 is 0 Å². The number of hydrogen-bond donors (Lipinski definition) is 4. The summed E-state index contributed by atoms with van der Waals surface area (Å²) >= 11 is 0. The monoisotopic (exact) mass is 291 g/mol. The zero-order chi connectivity index (χ0) is 14.8. The third kappa shape index (κ3) is 2.90. The Morgan fingerprint density at radius 2 is 2.19 bits per heavy atom. The molecule has 6 heteroatoms. The number of nitrogen functional groups attached to an aromatic ring is 1. The molecule has 0 bridgehead atoms. The van der Waals surface area contributed by atoms with Crippen molar-refractivity contribution < 1.29 is 14.6 Å². The Morgan fingerprint density at radius 3 is 3.00 bits per heavy atom. The van der Waals surface area contributed by atoms with Gasteiger partial charge in [-0.1, -0.05) is 6.42 Å². The molecule has 5 N–H and O–H groups in total. The summed E-state index contributed by atoms with van der Waals surface area (Å²) in [6, 6.07) is 3.54. The SMILES string of the molecule is Nc1cc2c(cc1NCC1CCCC1CO)NC(=O)CO2. The van der Waals surface area contributed by atoms with Crippen molar-refractivity contribution in [3.8, 4) is 5.75 Å². The third-order valence-electron chi connectivity index (χ3n) is 4.39. The lowest BCUT2D eigenvalue weighted by molar-refractivity contribution is -0.118. The number of fused-ring (bicyclic) bond motifs is 1.